The molecule has 2 aliphatic carbocycles. The fraction of sp³-hybridized carbons (Fsp3) is 0.474. The van der Waals surface area contributed by atoms with Crippen LogP contribution in [0.3, 0.4) is 0 Å². The van der Waals surface area contributed by atoms with E-state index in [1.54, 1.807) is 12.1 Å². The number of halogens is 4. The highest BCUT2D eigenvalue weighted by molar-refractivity contribution is 6.04. The Kier molecular flexibility index (Phi) is 7.05. The molecular formula is C38H37F4N5O2. The molecule has 11 heteroatoms. The summed E-state index contributed by atoms with van der Waals surface area (Å²) < 4.78 is 66.0. The Balaban J connectivity index is 1.08. The number of rotatable bonds is 7. The molecular weight excluding hydrogens is 634 g/mol. The molecule has 0 spiro atoms. The Bertz CT molecular complexity index is 2020. The van der Waals surface area contributed by atoms with Crippen LogP contribution in [-0.2, 0) is 0 Å². The molecule has 4 heterocycles. The monoisotopic (exact) mass is 671 g/mol. The number of hydrogen-bond donors (Lipinski definition) is 2. The third kappa shape index (κ3) is 5.44. The number of terminal acetylenes is 1. The second-order valence-electron chi connectivity index (χ2n) is 15.1. The minimum atomic E-state index is -2.54. The summed E-state index contributed by atoms with van der Waals surface area (Å²) in [6, 6.07) is 9.69. The van der Waals surface area contributed by atoms with Crippen LogP contribution in [0.25, 0.3) is 32.8 Å². The highest BCUT2D eigenvalue weighted by Gasteiger charge is 2.53. The highest BCUT2D eigenvalue weighted by Crippen LogP contribution is 2.51. The van der Waals surface area contributed by atoms with E-state index in [2.05, 4.69) is 26.0 Å². The number of fused-ring (bicyclic) bond motifs is 5. The quantitative estimate of drug-likeness (QED) is 0.172. The number of benzene rings is 3. The molecule has 4 unspecified atom stereocenters. The summed E-state index contributed by atoms with van der Waals surface area (Å²) in [5.41, 5.74) is 0.312. The zero-order valence-corrected chi connectivity index (χ0v) is 27.0. The van der Waals surface area contributed by atoms with Crippen LogP contribution in [0.2, 0.25) is 0 Å². The molecule has 254 valence electrons. The van der Waals surface area contributed by atoms with Gasteiger partial charge in [-0.2, -0.15) is 9.97 Å². The Labute approximate surface area is 281 Å². The zero-order valence-electron chi connectivity index (χ0n) is 27.0. The van der Waals surface area contributed by atoms with Crippen LogP contribution >= 0.6 is 0 Å². The van der Waals surface area contributed by atoms with Gasteiger partial charge in [0.05, 0.1) is 12.2 Å². The molecule has 4 atom stereocenters. The van der Waals surface area contributed by atoms with Crippen molar-refractivity contribution in [3.05, 3.63) is 53.6 Å². The fourth-order valence-corrected chi connectivity index (χ4v) is 9.08. The van der Waals surface area contributed by atoms with Crippen LogP contribution in [0.4, 0.5) is 23.4 Å². The summed E-state index contributed by atoms with van der Waals surface area (Å²) in [5, 5.41) is 15.6. The lowest BCUT2D eigenvalue weighted by Gasteiger charge is -2.34. The molecule has 3 saturated heterocycles. The number of phenolic OH excluding ortho intramolecular Hbond substituents is 1. The summed E-state index contributed by atoms with van der Waals surface area (Å²) in [7, 11) is 0. The van der Waals surface area contributed by atoms with Crippen molar-refractivity contribution in [3.63, 3.8) is 0 Å². The Hall–Kier alpha value is -4.14. The lowest BCUT2D eigenvalue weighted by atomic mass is 9.93. The predicted molar refractivity (Wildman–Crippen MR) is 179 cm³/mol. The predicted octanol–water partition coefficient (Wildman–Crippen LogP) is 6.49. The molecule has 7 nitrogen and oxygen atoms in total. The molecule has 3 aromatic carbocycles. The van der Waals surface area contributed by atoms with Gasteiger partial charge in [0.1, 0.15) is 22.9 Å². The van der Waals surface area contributed by atoms with Crippen LogP contribution < -0.4 is 15.0 Å². The van der Waals surface area contributed by atoms with Gasteiger partial charge in [-0.15, -0.1) is 6.42 Å². The molecule has 0 amide bonds. The number of hydrogen-bond acceptors (Lipinski definition) is 7. The molecule has 5 fully saturated rings. The van der Waals surface area contributed by atoms with Crippen LogP contribution in [0.5, 0.6) is 11.8 Å². The standard InChI is InChI=1S/C38H37F4N5O2/c1-2-27-31(39)8-3-21-11-26(48)12-30(32(21)27)28-6-7-29-34(33(28)40)44-36(45-35(29)47-17-24-4-5-25(18-47)43-24)49-20-37(9-10-37)19-46-15-22-13-38(41,42)14-23(22)16-46/h1,3,6-8,11-12,22-25,43,48H,4-5,9-10,13-20H2. The molecule has 2 bridgehead atoms. The molecule has 3 aliphatic heterocycles. The number of aromatic hydroxyl groups is 1. The smallest absolute Gasteiger partial charge is 0.319 e. The van der Waals surface area contributed by atoms with Crippen molar-refractivity contribution >= 4 is 27.5 Å². The van der Waals surface area contributed by atoms with Gasteiger partial charge >= 0.3 is 6.01 Å². The molecule has 2 N–H and O–H groups in total. The first kappa shape index (κ1) is 30.9. The minimum absolute atomic E-state index is 0.0132. The number of aromatic nitrogens is 2. The van der Waals surface area contributed by atoms with Gasteiger partial charge in [0.25, 0.3) is 0 Å². The molecule has 5 aliphatic rings. The Morgan fingerprint density at radius 3 is 2.39 bits per heavy atom. The maximum Gasteiger partial charge on any atom is 0.319 e. The van der Waals surface area contributed by atoms with Crippen molar-refractivity contribution in [1.29, 1.82) is 0 Å². The summed E-state index contributed by atoms with van der Waals surface area (Å²) in [5.74, 6) is -0.822. The van der Waals surface area contributed by atoms with Gasteiger partial charge < -0.3 is 25.0 Å². The van der Waals surface area contributed by atoms with Crippen molar-refractivity contribution < 1.29 is 27.4 Å². The first-order valence-corrected chi connectivity index (χ1v) is 17.2. The van der Waals surface area contributed by atoms with E-state index in [0.717, 1.165) is 32.2 Å². The van der Waals surface area contributed by atoms with E-state index in [-0.39, 0.29) is 64.1 Å². The van der Waals surface area contributed by atoms with Gasteiger partial charge in [0.2, 0.25) is 5.92 Å². The Morgan fingerprint density at radius 2 is 1.69 bits per heavy atom. The maximum absolute atomic E-state index is 16.9. The van der Waals surface area contributed by atoms with Crippen LogP contribution in [-0.4, -0.2) is 77.3 Å². The van der Waals surface area contributed by atoms with Gasteiger partial charge in [-0.1, -0.05) is 18.1 Å². The van der Waals surface area contributed by atoms with E-state index in [1.807, 2.05) is 0 Å². The van der Waals surface area contributed by atoms with Crippen LogP contribution in [0.1, 0.15) is 44.1 Å². The highest BCUT2D eigenvalue weighted by atomic mass is 19.3. The number of likely N-dealkylation sites (tertiary alicyclic amines) is 1. The SMILES string of the molecule is C#Cc1c(F)ccc2cc(O)cc(-c3ccc4c(N5CC6CCC(C5)N6)nc(OCC5(CN6CC7CC(F)(F)CC7C6)CC5)nc4c3F)c12. The molecule has 9 rings (SSSR count). The number of piperazine rings is 1. The van der Waals surface area contributed by atoms with Gasteiger partial charge in [0.15, 0.2) is 5.82 Å². The van der Waals surface area contributed by atoms with E-state index in [1.165, 1.54) is 24.3 Å². The lowest BCUT2D eigenvalue weighted by molar-refractivity contribution is -0.00344. The summed E-state index contributed by atoms with van der Waals surface area (Å²) in [4.78, 5) is 14.0. The summed E-state index contributed by atoms with van der Waals surface area (Å²) >= 11 is 0. The van der Waals surface area contributed by atoms with Crippen molar-refractivity contribution in [2.45, 2.75) is 56.5 Å². The topological polar surface area (TPSA) is 73.8 Å². The van der Waals surface area contributed by atoms with Crippen LogP contribution in [0, 0.1) is 41.2 Å². The van der Waals surface area contributed by atoms with Crippen LogP contribution in [0.15, 0.2) is 36.4 Å². The number of nitrogens with one attached hydrogen (secondary N) is 1. The van der Waals surface area contributed by atoms with Gasteiger partial charge in [-0.25, -0.2) is 17.6 Å². The summed E-state index contributed by atoms with van der Waals surface area (Å²) in [6.07, 6.45) is 9.69. The number of alkyl halides is 2. The number of nitrogens with zero attached hydrogens (tertiary/aromatic N) is 4. The number of ether oxygens (including phenoxy) is 1. The third-order valence-corrected chi connectivity index (χ3v) is 11.6. The van der Waals surface area contributed by atoms with E-state index < -0.39 is 17.6 Å². The second-order valence-corrected chi connectivity index (χ2v) is 15.1. The minimum Gasteiger partial charge on any atom is -0.508 e. The fourth-order valence-electron chi connectivity index (χ4n) is 9.08. The normalized spacial score (nSPS) is 26.7. The van der Waals surface area contributed by atoms with Crippen molar-refractivity contribution in [2.75, 3.05) is 44.2 Å². The average Bonchev–Trinajstić information content (AvgIpc) is 3.49. The first-order chi connectivity index (χ1) is 23.6. The molecule has 0 radical (unpaired) electrons. The van der Waals surface area contributed by atoms with E-state index in [0.29, 0.717) is 66.8 Å². The van der Waals surface area contributed by atoms with E-state index in [4.69, 9.17) is 16.1 Å². The van der Waals surface area contributed by atoms with Gasteiger partial charge in [-0.05, 0) is 72.7 Å². The van der Waals surface area contributed by atoms with Gasteiger partial charge in [-0.3, -0.25) is 0 Å². The van der Waals surface area contributed by atoms with E-state index >= 15 is 4.39 Å². The molecule has 49 heavy (non-hydrogen) atoms. The van der Waals surface area contributed by atoms with Gasteiger partial charge in [0, 0.05) is 79.4 Å². The third-order valence-electron chi connectivity index (χ3n) is 11.6. The average molecular weight is 672 g/mol. The maximum atomic E-state index is 16.9. The lowest BCUT2D eigenvalue weighted by Crippen LogP contribution is -2.51. The molecule has 1 aromatic heterocycles. The number of phenols is 1. The first-order valence-electron chi connectivity index (χ1n) is 17.2. The van der Waals surface area contributed by atoms with Crippen molar-refractivity contribution in [2.24, 2.45) is 17.3 Å². The largest absolute Gasteiger partial charge is 0.508 e. The number of anilines is 1. The second kappa shape index (κ2) is 11.2. The summed E-state index contributed by atoms with van der Waals surface area (Å²) in [6.45, 7) is 3.92. The molecule has 2 saturated carbocycles. The Morgan fingerprint density at radius 1 is 0.959 bits per heavy atom. The van der Waals surface area contributed by atoms with Crippen molar-refractivity contribution in [3.8, 4) is 35.2 Å². The van der Waals surface area contributed by atoms with Crippen molar-refractivity contribution in [1.82, 2.24) is 20.2 Å². The zero-order chi connectivity index (χ0) is 33.7. The van der Waals surface area contributed by atoms with E-state index in [9.17, 15) is 18.3 Å². The molecule has 4 aromatic rings.